The van der Waals surface area contributed by atoms with Gasteiger partial charge in [0.2, 0.25) is 6.20 Å². The first-order valence-corrected chi connectivity index (χ1v) is 5.19. The third-order valence-corrected chi connectivity index (χ3v) is 2.42. The lowest BCUT2D eigenvalue weighted by Crippen LogP contribution is -2.32. The Bertz CT molecular complexity index is 529. The summed E-state index contributed by atoms with van der Waals surface area (Å²) in [6.45, 7) is 0.495. The van der Waals surface area contributed by atoms with Gasteiger partial charge in [-0.25, -0.2) is 4.39 Å². The second-order valence-electron chi connectivity index (χ2n) is 3.70. The first-order valence-electron chi connectivity index (χ1n) is 5.19. The van der Waals surface area contributed by atoms with E-state index < -0.39 is 0 Å². The van der Waals surface area contributed by atoms with Gasteiger partial charge in [-0.05, 0) is 24.3 Å². The molecule has 0 aliphatic rings. The third kappa shape index (κ3) is 2.72. The van der Waals surface area contributed by atoms with Crippen LogP contribution in [0.2, 0.25) is 0 Å². The lowest BCUT2D eigenvalue weighted by atomic mass is 10.2. The molecule has 0 saturated carbocycles. The molecule has 4 heteroatoms. The van der Waals surface area contributed by atoms with Crippen molar-refractivity contribution in [2.24, 2.45) is 0 Å². The average molecular weight is 234 g/mol. The summed E-state index contributed by atoms with van der Waals surface area (Å²) in [5.41, 5.74) is 0.805. The van der Waals surface area contributed by atoms with Gasteiger partial charge in [0.1, 0.15) is 0 Å². The monoisotopic (exact) mass is 234 g/mol. The summed E-state index contributed by atoms with van der Waals surface area (Å²) in [6.07, 6.45) is 3.39. The predicted octanol–water partition coefficient (Wildman–Crippen LogP) is 1.88. The second-order valence-corrected chi connectivity index (χ2v) is 3.70. The van der Waals surface area contributed by atoms with Gasteiger partial charge in [0.15, 0.2) is 30.1 Å². The zero-order valence-corrected chi connectivity index (χ0v) is 9.43. The molecule has 0 spiro atoms. The Morgan fingerprint density at radius 2 is 2.18 bits per heavy atom. The molecule has 2 rings (SSSR count). The summed E-state index contributed by atoms with van der Waals surface area (Å²) in [5, 5.41) is 9.31. The average Bonchev–Trinajstić information content (AvgIpc) is 2.29. The maximum Gasteiger partial charge on any atom is 0.211 e. The van der Waals surface area contributed by atoms with Gasteiger partial charge in [0.25, 0.3) is 0 Å². The molecule has 17 heavy (non-hydrogen) atoms. The second kappa shape index (κ2) is 4.82. The highest BCUT2D eigenvalue weighted by Gasteiger charge is 2.07. The maximum atomic E-state index is 13.4. The maximum absolute atomic E-state index is 13.4. The van der Waals surface area contributed by atoms with Crippen LogP contribution in [0.25, 0.3) is 0 Å². The standard InChI is InChI=1S/C13H12FNO2/c1-17-13-5-4-10(7-12(13)14)8-15-6-2-3-11(16)9-15/h2-7,9H,8H2,1H3/p+1. The fourth-order valence-electron chi connectivity index (χ4n) is 1.63. The fraction of sp³-hybridized carbons (Fsp3) is 0.154. The molecule has 3 nitrogen and oxygen atoms in total. The summed E-state index contributed by atoms with van der Waals surface area (Å²) >= 11 is 0. The molecule has 0 amide bonds. The van der Waals surface area contributed by atoms with Crippen molar-refractivity contribution in [2.45, 2.75) is 6.54 Å². The van der Waals surface area contributed by atoms with E-state index in [4.69, 9.17) is 4.74 Å². The molecule has 0 aliphatic carbocycles. The van der Waals surface area contributed by atoms with Gasteiger partial charge < -0.3 is 9.84 Å². The van der Waals surface area contributed by atoms with Crippen molar-refractivity contribution in [1.82, 2.24) is 0 Å². The number of aromatic nitrogens is 1. The van der Waals surface area contributed by atoms with Crippen molar-refractivity contribution in [3.8, 4) is 11.5 Å². The SMILES string of the molecule is COc1ccc(C[n+]2cccc(O)c2)cc1F. The molecule has 0 bridgehead atoms. The van der Waals surface area contributed by atoms with E-state index in [0.717, 1.165) is 5.56 Å². The zero-order chi connectivity index (χ0) is 12.3. The first kappa shape index (κ1) is 11.4. The van der Waals surface area contributed by atoms with Gasteiger partial charge in [-0.3, -0.25) is 0 Å². The Morgan fingerprint density at radius 1 is 1.35 bits per heavy atom. The van der Waals surface area contributed by atoms with Crippen molar-refractivity contribution >= 4 is 0 Å². The smallest absolute Gasteiger partial charge is 0.211 e. The minimum absolute atomic E-state index is 0.182. The van der Waals surface area contributed by atoms with Gasteiger partial charge in [0.05, 0.1) is 7.11 Å². The van der Waals surface area contributed by atoms with Crippen LogP contribution in [0.5, 0.6) is 11.5 Å². The van der Waals surface area contributed by atoms with E-state index in [0.29, 0.717) is 6.54 Å². The number of ether oxygens (including phenoxy) is 1. The van der Waals surface area contributed by atoms with Crippen molar-refractivity contribution in [3.63, 3.8) is 0 Å². The molecule has 0 unspecified atom stereocenters. The zero-order valence-electron chi connectivity index (χ0n) is 9.43. The molecule has 1 aromatic heterocycles. The Labute approximate surface area is 98.7 Å². The Hall–Kier alpha value is -2.10. The minimum Gasteiger partial charge on any atom is -0.503 e. The van der Waals surface area contributed by atoms with Crippen LogP contribution in [0.15, 0.2) is 42.7 Å². The number of methoxy groups -OCH3 is 1. The van der Waals surface area contributed by atoms with Gasteiger partial charge >= 0.3 is 0 Å². The molecule has 88 valence electrons. The number of halogens is 1. The largest absolute Gasteiger partial charge is 0.503 e. The van der Waals surface area contributed by atoms with Crippen molar-refractivity contribution < 1.29 is 18.8 Å². The van der Waals surface area contributed by atoms with Crippen LogP contribution < -0.4 is 9.30 Å². The van der Waals surface area contributed by atoms with E-state index in [1.165, 1.54) is 13.2 Å². The molecule has 1 aromatic carbocycles. The quantitative estimate of drug-likeness (QED) is 0.822. The molecule has 0 atom stereocenters. The number of pyridine rings is 1. The fourth-order valence-corrected chi connectivity index (χ4v) is 1.63. The summed E-state index contributed by atoms with van der Waals surface area (Å²) < 4.78 is 20.1. The highest BCUT2D eigenvalue weighted by molar-refractivity contribution is 5.28. The number of hydrogen-bond acceptors (Lipinski definition) is 2. The predicted molar refractivity (Wildman–Crippen MR) is 60.4 cm³/mol. The number of rotatable bonds is 3. The lowest BCUT2D eigenvalue weighted by molar-refractivity contribution is -0.688. The lowest BCUT2D eigenvalue weighted by Gasteiger charge is -2.03. The molecule has 0 radical (unpaired) electrons. The molecule has 0 saturated heterocycles. The summed E-state index contributed by atoms with van der Waals surface area (Å²) in [6, 6.07) is 8.13. The van der Waals surface area contributed by atoms with Crippen LogP contribution in [0, 0.1) is 5.82 Å². The summed E-state index contributed by atoms with van der Waals surface area (Å²) in [5.74, 6) is 0.0295. The van der Waals surface area contributed by atoms with E-state index >= 15 is 0 Å². The van der Waals surface area contributed by atoms with E-state index in [-0.39, 0.29) is 17.3 Å². The molecular weight excluding hydrogens is 221 g/mol. The van der Waals surface area contributed by atoms with Crippen LogP contribution in [-0.4, -0.2) is 12.2 Å². The van der Waals surface area contributed by atoms with E-state index in [1.807, 2.05) is 6.20 Å². The molecule has 1 N–H and O–H groups in total. The highest BCUT2D eigenvalue weighted by atomic mass is 19.1. The third-order valence-electron chi connectivity index (χ3n) is 2.42. The van der Waals surface area contributed by atoms with Gasteiger partial charge in [-0.15, -0.1) is 0 Å². The van der Waals surface area contributed by atoms with Crippen LogP contribution in [-0.2, 0) is 6.54 Å². The number of benzene rings is 1. The van der Waals surface area contributed by atoms with Crippen LogP contribution in [0.1, 0.15) is 5.56 Å². The number of nitrogens with zero attached hydrogens (tertiary/aromatic N) is 1. The molecule has 0 aliphatic heterocycles. The van der Waals surface area contributed by atoms with E-state index in [2.05, 4.69) is 0 Å². The first-order chi connectivity index (χ1) is 8.19. The topological polar surface area (TPSA) is 33.3 Å². The molecular formula is C13H13FNO2+. The molecule has 1 heterocycles. The normalized spacial score (nSPS) is 10.2. The van der Waals surface area contributed by atoms with Crippen molar-refractivity contribution in [1.29, 1.82) is 0 Å². The van der Waals surface area contributed by atoms with Crippen LogP contribution >= 0.6 is 0 Å². The van der Waals surface area contributed by atoms with Crippen molar-refractivity contribution in [2.75, 3.05) is 7.11 Å². The van der Waals surface area contributed by atoms with Gasteiger partial charge in [0, 0.05) is 11.6 Å². The molecule has 0 fully saturated rings. The molecule has 2 aromatic rings. The summed E-state index contributed by atoms with van der Waals surface area (Å²) in [4.78, 5) is 0. The van der Waals surface area contributed by atoms with E-state index in [9.17, 15) is 9.50 Å². The highest BCUT2D eigenvalue weighted by Crippen LogP contribution is 2.17. The van der Waals surface area contributed by atoms with E-state index in [1.54, 1.807) is 35.0 Å². The van der Waals surface area contributed by atoms with Crippen molar-refractivity contribution in [3.05, 3.63) is 54.1 Å². The van der Waals surface area contributed by atoms with Crippen LogP contribution in [0.3, 0.4) is 0 Å². The number of hydrogen-bond donors (Lipinski definition) is 1. The van der Waals surface area contributed by atoms with Gasteiger partial charge in [-0.2, -0.15) is 4.57 Å². The van der Waals surface area contributed by atoms with Gasteiger partial charge in [-0.1, -0.05) is 0 Å². The summed E-state index contributed by atoms with van der Waals surface area (Å²) in [7, 11) is 1.43. The van der Waals surface area contributed by atoms with Crippen LogP contribution in [0.4, 0.5) is 4.39 Å². The Balaban J connectivity index is 2.22. The number of aromatic hydroxyl groups is 1. The minimum atomic E-state index is -0.384. The Morgan fingerprint density at radius 3 is 2.82 bits per heavy atom. The Kier molecular flexibility index (Phi) is 3.23.